The topological polar surface area (TPSA) is 35.2 Å². The van der Waals surface area contributed by atoms with Gasteiger partial charge in [0.15, 0.2) is 0 Å². The number of thioether (sulfide) groups is 1. The predicted molar refractivity (Wildman–Crippen MR) is 72.0 cm³/mol. The molecule has 16 heavy (non-hydrogen) atoms. The minimum absolute atomic E-state index is 0.569. The first-order valence-electron chi connectivity index (χ1n) is 5.72. The quantitative estimate of drug-likeness (QED) is 0.743. The van der Waals surface area contributed by atoms with Crippen molar-refractivity contribution in [2.24, 2.45) is 11.7 Å². The smallest absolute Gasteiger partial charge is 0.119 e. The molecule has 0 heterocycles. The summed E-state index contributed by atoms with van der Waals surface area (Å²) in [6.07, 6.45) is 0. The fraction of sp³-hybridized carbons (Fsp3) is 0.538. The standard InChI is InChI=1S/C13H21NOS/c1-11(2)9-15-13-5-3-12(4-6-13)10-16-8-7-14/h3-6,11H,7-10,14H2,1-2H3. The van der Waals surface area contributed by atoms with Crippen LogP contribution in [-0.2, 0) is 5.75 Å². The molecule has 0 spiro atoms. The van der Waals surface area contributed by atoms with Gasteiger partial charge in [-0.05, 0) is 23.6 Å². The first-order valence-corrected chi connectivity index (χ1v) is 6.87. The van der Waals surface area contributed by atoms with E-state index >= 15 is 0 Å². The van der Waals surface area contributed by atoms with E-state index in [1.54, 1.807) is 0 Å². The highest BCUT2D eigenvalue weighted by molar-refractivity contribution is 7.98. The van der Waals surface area contributed by atoms with Gasteiger partial charge in [0, 0.05) is 18.1 Å². The van der Waals surface area contributed by atoms with Crippen molar-refractivity contribution >= 4 is 11.8 Å². The molecule has 3 heteroatoms. The second kappa shape index (κ2) is 7.58. The van der Waals surface area contributed by atoms with E-state index in [0.717, 1.165) is 30.4 Å². The summed E-state index contributed by atoms with van der Waals surface area (Å²) in [5.74, 6) is 3.58. The van der Waals surface area contributed by atoms with Gasteiger partial charge < -0.3 is 10.5 Å². The molecule has 0 atom stereocenters. The lowest BCUT2D eigenvalue weighted by Crippen LogP contribution is -2.04. The van der Waals surface area contributed by atoms with Crippen molar-refractivity contribution in [2.75, 3.05) is 18.9 Å². The van der Waals surface area contributed by atoms with Crippen LogP contribution >= 0.6 is 11.8 Å². The van der Waals surface area contributed by atoms with E-state index in [1.807, 2.05) is 23.9 Å². The molecule has 1 rings (SSSR count). The summed E-state index contributed by atoms with van der Waals surface area (Å²) in [4.78, 5) is 0. The van der Waals surface area contributed by atoms with Crippen LogP contribution in [0.25, 0.3) is 0 Å². The summed E-state index contributed by atoms with van der Waals surface area (Å²) in [6.45, 7) is 5.83. The minimum atomic E-state index is 0.569. The van der Waals surface area contributed by atoms with Gasteiger partial charge in [0.25, 0.3) is 0 Å². The Labute approximate surface area is 103 Å². The molecule has 1 aromatic rings. The van der Waals surface area contributed by atoms with E-state index in [1.165, 1.54) is 5.56 Å². The third kappa shape index (κ3) is 5.42. The number of hydrogen-bond acceptors (Lipinski definition) is 3. The molecule has 0 aromatic heterocycles. The van der Waals surface area contributed by atoms with Crippen LogP contribution in [0.15, 0.2) is 24.3 Å². The molecule has 0 saturated heterocycles. The number of rotatable bonds is 7. The zero-order chi connectivity index (χ0) is 11.8. The summed E-state index contributed by atoms with van der Waals surface area (Å²) in [7, 11) is 0. The molecule has 0 saturated carbocycles. The Morgan fingerprint density at radius 3 is 2.50 bits per heavy atom. The molecular weight excluding hydrogens is 218 g/mol. The number of hydrogen-bond donors (Lipinski definition) is 1. The highest BCUT2D eigenvalue weighted by atomic mass is 32.2. The first-order chi connectivity index (χ1) is 7.72. The molecule has 0 fully saturated rings. The van der Waals surface area contributed by atoms with Crippen LogP contribution in [0.2, 0.25) is 0 Å². The van der Waals surface area contributed by atoms with E-state index in [2.05, 4.69) is 26.0 Å². The lowest BCUT2D eigenvalue weighted by molar-refractivity contribution is 0.271. The van der Waals surface area contributed by atoms with E-state index < -0.39 is 0 Å². The Kier molecular flexibility index (Phi) is 6.34. The summed E-state index contributed by atoms with van der Waals surface area (Å²) in [6, 6.07) is 8.33. The summed E-state index contributed by atoms with van der Waals surface area (Å²) < 4.78 is 5.62. The maximum absolute atomic E-state index is 5.62. The molecule has 90 valence electrons. The van der Waals surface area contributed by atoms with Crippen molar-refractivity contribution in [1.82, 2.24) is 0 Å². The normalized spacial score (nSPS) is 10.8. The van der Waals surface area contributed by atoms with Gasteiger partial charge in [-0.1, -0.05) is 26.0 Å². The monoisotopic (exact) mass is 239 g/mol. The Bertz CT molecular complexity index is 284. The average Bonchev–Trinajstić information content (AvgIpc) is 2.28. The van der Waals surface area contributed by atoms with Gasteiger partial charge in [0.2, 0.25) is 0 Å². The minimum Gasteiger partial charge on any atom is -0.493 e. The van der Waals surface area contributed by atoms with Crippen LogP contribution in [0.3, 0.4) is 0 Å². The van der Waals surface area contributed by atoms with Crippen LogP contribution in [0.4, 0.5) is 0 Å². The highest BCUT2D eigenvalue weighted by Gasteiger charge is 1.98. The van der Waals surface area contributed by atoms with Crippen molar-refractivity contribution in [3.05, 3.63) is 29.8 Å². The van der Waals surface area contributed by atoms with Gasteiger partial charge in [-0.25, -0.2) is 0 Å². The maximum Gasteiger partial charge on any atom is 0.119 e. The van der Waals surface area contributed by atoms with Gasteiger partial charge in [0.05, 0.1) is 6.61 Å². The van der Waals surface area contributed by atoms with E-state index in [4.69, 9.17) is 10.5 Å². The van der Waals surface area contributed by atoms with Gasteiger partial charge in [-0.2, -0.15) is 11.8 Å². The molecule has 0 bridgehead atoms. The van der Waals surface area contributed by atoms with E-state index in [0.29, 0.717) is 5.92 Å². The fourth-order valence-corrected chi connectivity index (χ4v) is 1.96. The Morgan fingerprint density at radius 1 is 1.25 bits per heavy atom. The zero-order valence-corrected chi connectivity index (χ0v) is 10.9. The van der Waals surface area contributed by atoms with Crippen molar-refractivity contribution in [1.29, 1.82) is 0 Å². The first kappa shape index (κ1) is 13.4. The molecule has 0 aliphatic carbocycles. The molecule has 0 amide bonds. The lowest BCUT2D eigenvalue weighted by atomic mass is 10.2. The molecule has 0 unspecified atom stereocenters. The van der Waals surface area contributed by atoms with Crippen LogP contribution < -0.4 is 10.5 Å². The third-order valence-corrected chi connectivity index (χ3v) is 3.10. The van der Waals surface area contributed by atoms with E-state index in [9.17, 15) is 0 Å². The molecule has 1 aromatic carbocycles. The SMILES string of the molecule is CC(C)COc1ccc(CSCCN)cc1. The fourth-order valence-electron chi connectivity index (χ4n) is 1.22. The van der Waals surface area contributed by atoms with Gasteiger partial charge in [-0.3, -0.25) is 0 Å². The number of ether oxygens (including phenoxy) is 1. The number of nitrogens with two attached hydrogens (primary N) is 1. The Balaban J connectivity index is 2.35. The second-order valence-corrected chi connectivity index (χ2v) is 5.30. The second-order valence-electron chi connectivity index (χ2n) is 4.19. The summed E-state index contributed by atoms with van der Waals surface area (Å²) in [5.41, 5.74) is 6.77. The third-order valence-electron chi connectivity index (χ3n) is 2.04. The van der Waals surface area contributed by atoms with Gasteiger partial charge in [-0.15, -0.1) is 0 Å². The van der Waals surface area contributed by atoms with Crippen LogP contribution in [0.1, 0.15) is 19.4 Å². The highest BCUT2D eigenvalue weighted by Crippen LogP contribution is 2.17. The summed E-state index contributed by atoms with van der Waals surface area (Å²) in [5, 5.41) is 0. The van der Waals surface area contributed by atoms with Gasteiger partial charge in [0.1, 0.15) is 5.75 Å². The molecule has 2 nitrogen and oxygen atoms in total. The van der Waals surface area contributed by atoms with Crippen LogP contribution in [0.5, 0.6) is 5.75 Å². The molecule has 2 N–H and O–H groups in total. The summed E-state index contributed by atoms with van der Waals surface area (Å²) >= 11 is 1.86. The molecule has 0 aliphatic heterocycles. The largest absolute Gasteiger partial charge is 0.493 e. The maximum atomic E-state index is 5.62. The van der Waals surface area contributed by atoms with Crippen molar-refractivity contribution in [3.63, 3.8) is 0 Å². The average molecular weight is 239 g/mol. The number of benzene rings is 1. The van der Waals surface area contributed by atoms with Gasteiger partial charge >= 0.3 is 0 Å². The van der Waals surface area contributed by atoms with Crippen molar-refractivity contribution in [2.45, 2.75) is 19.6 Å². The van der Waals surface area contributed by atoms with Crippen molar-refractivity contribution in [3.8, 4) is 5.75 Å². The predicted octanol–water partition coefficient (Wildman–Crippen LogP) is 2.91. The Hall–Kier alpha value is -0.670. The van der Waals surface area contributed by atoms with E-state index in [-0.39, 0.29) is 0 Å². The van der Waals surface area contributed by atoms with Crippen LogP contribution in [0, 0.1) is 5.92 Å². The van der Waals surface area contributed by atoms with Crippen LogP contribution in [-0.4, -0.2) is 18.9 Å². The molecule has 0 aliphatic rings. The lowest BCUT2D eigenvalue weighted by Gasteiger charge is -2.09. The Morgan fingerprint density at radius 2 is 1.94 bits per heavy atom. The molecule has 0 radical (unpaired) electrons. The zero-order valence-electron chi connectivity index (χ0n) is 10.1. The molecular formula is C13H21NOS. The van der Waals surface area contributed by atoms with Crippen molar-refractivity contribution < 1.29 is 4.74 Å².